The molecular formula is C13H19BrF6N4O2. The third-order valence-electron chi connectivity index (χ3n) is 3.56. The molecular weight excluding hydrogens is 438 g/mol. The van der Waals surface area contributed by atoms with Gasteiger partial charge < -0.3 is 32.9 Å². The Morgan fingerprint density at radius 1 is 0.923 bits per heavy atom. The van der Waals surface area contributed by atoms with Gasteiger partial charge in [0, 0.05) is 25.9 Å². The molecule has 6 nitrogen and oxygen atoms in total. The summed E-state index contributed by atoms with van der Waals surface area (Å²) in [5, 5.41) is 6.44. The van der Waals surface area contributed by atoms with Crippen LogP contribution in [0.15, 0.2) is 12.4 Å². The zero-order chi connectivity index (χ0) is 19.1. The molecule has 1 aliphatic heterocycles. The van der Waals surface area contributed by atoms with Crippen molar-refractivity contribution in [1.82, 2.24) is 16.0 Å². The van der Waals surface area contributed by atoms with Crippen LogP contribution in [0.3, 0.4) is 0 Å². The molecule has 13 heteroatoms. The van der Waals surface area contributed by atoms with E-state index in [2.05, 4.69) is 5.32 Å². The van der Waals surface area contributed by atoms with E-state index in [1.807, 2.05) is 0 Å². The summed E-state index contributed by atoms with van der Waals surface area (Å²) in [4.78, 5) is 21.4. The largest absolute Gasteiger partial charge is 1.00 e. The van der Waals surface area contributed by atoms with E-state index >= 15 is 0 Å². The summed E-state index contributed by atoms with van der Waals surface area (Å²) in [7, 11) is 0. The van der Waals surface area contributed by atoms with Gasteiger partial charge in [0.25, 0.3) is 0 Å². The lowest BCUT2D eigenvalue weighted by Crippen LogP contribution is -3.00. The molecule has 1 rings (SSSR count). The van der Waals surface area contributed by atoms with E-state index in [0.717, 1.165) is 0 Å². The van der Waals surface area contributed by atoms with Gasteiger partial charge in [-0.25, -0.2) is 0 Å². The standard InChI is InChI=1S/C13H18F6N4O2.BrH/c14-12(15,16)10(24)21-3-1-6-23(8-5-20-9-23)7-2-4-22-11(25)13(17,18)19;/h5,8,20H,1-4,6-7,9H2,(H-,21,22,24,25);1H. The molecule has 0 unspecified atom stereocenters. The second-order valence-electron chi connectivity index (χ2n) is 5.56. The van der Waals surface area contributed by atoms with Crippen molar-refractivity contribution in [2.24, 2.45) is 0 Å². The molecule has 0 bridgehead atoms. The summed E-state index contributed by atoms with van der Waals surface area (Å²) >= 11 is 0. The number of nitrogens with zero attached hydrogens (tertiary/aromatic N) is 1. The highest BCUT2D eigenvalue weighted by atomic mass is 79.9. The summed E-state index contributed by atoms with van der Waals surface area (Å²) in [6, 6.07) is 0. The van der Waals surface area contributed by atoms with E-state index in [-0.39, 0.29) is 42.9 Å². The Balaban J connectivity index is 0.00000625. The number of carbonyl (C=O) groups excluding carboxylic acids is 2. The summed E-state index contributed by atoms with van der Waals surface area (Å²) in [5.41, 5.74) is 0. The molecule has 0 aromatic carbocycles. The topological polar surface area (TPSA) is 70.2 Å². The predicted octanol–water partition coefficient (Wildman–Crippen LogP) is -2.02. The number of hydrogen-bond acceptors (Lipinski definition) is 3. The third kappa shape index (κ3) is 8.25. The average Bonchev–Trinajstić information content (AvgIpc) is 2.95. The van der Waals surface area contributed by atoms with E-state index in [0.29, 0.717) is 24.2 Å². The quantitative estimate of drug-likeness (QED) is 0.224. The highest BCUT2D eigenvalue weighted by molar-refractivity contribution is 5.81. The lowest BCUT2D eigenvalue weighted by molar-refractivity contribution is -0.876. The zero-order valence-corrected chi connectivity index (χ0v) is 15.1. The summed E-state index contributed by atoms with van der Waals surface area (Å²) in [6.07, 6.45) is -5.97. The first-order chi connectivity index (χ1) is 11.5. The fraction of sp³-hybridized carbons (Fsp3) is 0.692. The number of rotatable bonds is 8. The van der Waals surface area contributed by atoms with Gasteiger partial charge in [-0.05, 0) is 0 Å². The fourth-order valence-corrected chi connectivity index (χ4v) is 2.31. The van der Waals surface area contributed by atoms with Crippen molar-refractivity contribution in [3.05, 3.63) is 12.4 Å². The maximum atomic E-state index is 12.1. The normalized spacial score (nSPS) is 15.8. The van der Waals surface area contributed by atoms with Gasteiger partial charge in [0.1, 0.15) is 6.20 Å². The molecule has 0 fully saturated rings. The Kier molecular flexibility index (Phi) is 9.42. The van der Waals surface area contributed by atoms with Crippen molar-refractivity contribution < 1.29 is 57.4 Å². The number of hydrogen-bond donors (Lipinski definition) is 3. The Labute approximate surface area is 156 Å². The summed E-state index contributed by atoms with van der Waals surface area (Å²) < 4.78 is 72.6. The first-order valence-corrected chi connectivity index (χ1v) is 7.43. The predicted molar refractivity (Wildman–Crippen MR) is 74.5 cm³/mol. The number of halogens is 7. The molecule has 0 aromatic rings. The van der Waals surface area contributed by atoms with Gasteiger partial charge in [0.15, 0.2) is 6.67 Å². The molecule has 0 atom stereocenters. The Morgan fingerprint density at radius 2 is 1.35 bits per heavy atom. The van der Waals surface area contributed by atoms with Crippen LogP contribution in [0.2, 0.25) is 0 Å². The van der Waals surface area contributed by atoms with Crippen LogP contribution < -0.4 is 32.9 Å². The molecule has 1 heterocycles. The molecule has 26 heavy (non-hydrogen) atoms. The molecule has 0 radical (unpaired) electrons. The molecule has 0 saturated heterocycles. The lowest BCUT2D eigenvalue weighted by Gasteiger charge is -2.31. The van der Waals surface area contributed by atoms with Crippen molar-refractivity contribution in [2.75, 3.05) is 32.8 Å². The second kappa shape index (κ2) is 10.00. The van der Waals surface area contributed by atoms with E-state index in [9.17, 15) is 35.9 Å². The number of nitrogens with one attached hydrogen (secondary N) is 3. The molecule has 0 aliphatic carbocycles. The van der Waals surface area contributed by atoms with Gasteiger partial charge in [0.05, 0.1) is 19.3 Å². The highest BCUT2D eigenvalue weighted by Crippen LogP contribution is 2.16. The van der Waals surface area contributed by atoms with Crippen LogP contribution in [-0.4, -0.2) is 61.5 Å². The Bertz CT molecular complexity index is 476. The molecule has 0 saturated carbocycles. The van der Waals surface area contributed by atoms with Crippen molar-refractivity contribution in [3.8, 4) is 0 Å². The average molecular weight is 457 g/mol. The van der Waals surface area contributed by atoms with Gasteiger partial charge >= 0.3 is 24.2 Å². The maximum absolute atomic E-state index is 12.1. The van der Waals surface area contributed by atoms with Crippen molar-refractivity contribution in [3.63, 3.8) is 0 Å². The molecule has 0 aromatic heterocycles. The van der Waals surface area contributed by atoms with Gasteiger partial charge in [-0.1, -0.05) is 0 Å². The van der Waals surface area contributed by atoms with Crippen LogP contribution in [0, 0.1) is 0 Å². The smallest absolute Gasteiger partial charge is 0.471 e. The second-order valence-corrected chi connectivity index (χ2v) is 5.56. The van der Waals surface area contributed by atoms with E-state index in [1.54, 1.807) is 23.0 Å². The Morgan fingerprint density at radius 3 is 1.65 bits per heavy atom. The number of carbonyl (C=O) groups is 2. The molecule has 152 valence electrons. The van der Waals surface area contributed by atoms with Gasteiger partial charge in [-0.15, -0.1) is 0 Å². The van der Waals surface area contributed by atoms with Gasteiger partial charge in [-0.3, -0.25) is 14.1 Å². The van der Waals surface area contributed by atoms with Crippen LogP contribution in [0.1, 0.15) is 12.8 Å². The van der Waals surface area contributed by atoms with Gasteiger partial charge in [-0.2, -0.15) is 26.3 Å². The number of quaternary nitrogens is 1. The third-order valence-corrected chi connectivity index (χ3v) is 3.56. The highest BCUT2D eigenvalue weighted by Gasteiger charge is 2.39. The zero-order valence-electron chi connectivity index (χ0n) is 13.5. The maximum Gasteiger partial charge on any atom is 0.471 e. The van der Waals surface area contributed by atoms with Crippen LogP contribution in [0.5, 0.6) is 0 Å². The van der Waals surface area contributed by atoms with Crippen LogP contribution in [0.4, 0.5) is 26.3 Å². The minimum atomic E-state index is -4.93. The number of amides is 2. The summed E-state index contributed by atoms with van der Waals surface area (Å²) in [5.74, 6) is -4.02. The van der Waals surface area contributed by atoms with E-state index in [4.69, 9.17) is 0 Å². The minimum Gasteiger partial charge on any atom is -1.00 e. The van der Waals surface area contributed by atoms with Crippen molar-refractivity contribution in [1.29, 1.82) is 0 Å². The van der Waals surface area contributed by atoms with Crippen LogP contribution in [-0.2, 0) is 9.59 Å². The molecule has 1 aliphatic rings. The van der Waals surface area contributed by atoms with Gasteiger partial charge in [0.2, 0.25) is 0 Å². The first kappa shape index (κ1) is 24.5. The lowest BCUT2D eigenvalue weighted by atomic mass is 10.2. The fourth-order valence-electron chi connectivity index (χ4n) is 2.31. The molecule has 2 amide bonds. The minimum absolute atomic E-state index is 0. The SMILES string of the molecule is O=C(NCCC[N+]1(CCCNC(=O)C(F)(F)F)C=CNC1)C(F)(F)F.[Br-]. The monoisotopic (exact) mass is 456 g/mol. The molecule has 0 spiro atoms. The Hall–Kier alpha value is -1.50. The van der Waals surface area contributed by atoms with Crippen molar-refractivity contribution >= 4 is 11.8 Å². The van der Waals surface area contributed by atoms with E-state index in [1.165, 1.54) is 0 Å². The van der Waals surface area contributed by atoms with Crippen LogP contribution in [0.25, 0.3) is 0 Å². The van der Waals surface area contributed by atoms with Crippen molar-refractivity contribution in [2.45, 2.75) is 25.2 Å². The summed E-state index contributed by atoms with van der Waals surface area (Å²) in [6.45, 7) is 0.859. The first-order valence-electron chi connectivity index (χ1n) is 7.43. The van der Waals surface area contributed by atoms with E-state index < -0.39 is 24.2 Å². The van der Waals surface area contributed by atoms with Crippen LogP contribution >= 0.6 is 0 Å². The molecule has 3 N–H and O–H groups in total. The number of alkyl halides is 6.